The van der Waals surface area contributed by atoms with Gasteiger partial charge in [0, 0.05) is 0 Å². The standard InChI is InChI=1S/C19H25NO6S/c1-8-12-20(18(22)26-19(4,5)6)27(23,24)16-13(3)15(17(21)25-7)11-10-14(16)9-2/h8-11H,1-2,12H2,3-7H3. The highest BCUT2D eigenvalue weighted by molar-refractivity contribution is 7.89. The molecule has 0 heterocycles. The van der Waals surface area contributed by atoms with E-state index in [1.54, 1.807) is 20.8 Å². The van der Waals surface area contributed by atoms with Crippen LogP contribution < -0.4 is 0 Å². The average molecular weight is 395 g/mol. The summed E-state index contributed by atoms with van der Waals surface area (Å²) in [5.41, 5.74) is -0.421. The Hall–Kier alpha value is -2.61. The number of carbonyl (C=O) groups is 2. The Morgan fingerprint density at radius 2 is 1.81 bits per heavy atom. The number of hydrogen-bond donors (Lipinski definition) is 0. The van der Waals surface area contributed by atoms with Gasteiger partial charge in [-0.05, 0) is 44.9 Å². The van der Waals surface area contributed by atoms with Crippen molar-refractivity contribution in [1.82, 2.24) is 4.31 Å². The molecule has 1 aromatic rings. The van der Waals surface area contributed by atoms with Crippen LogP contribution in [0.4, 0.5) is 4.79 Å². The summed E-state index contributed by atoms with van der Waals surface area (Å²) in [6.07, 6.45) is 1.57. The summed E-state index contributed by atoms with van der Waals surface area (Å²) in [5, 5.41) is 0. The molecule has 0 aliphatic heterocycles. The highest BCUT2D eigenvalue weighted by Crippen LogP contribution is 2.29. The summed E-state index contributed by atoms with van der Waals surface area (Å²) in [6, 6.07) is 2.88. The number of sulfonamides is 1. The summed E-state index contributed by atoms with van der Waals surface area (Å²) >= 11 is 0. The van der Waals surface area contributed by atoms with Crippen molar-refractivity contribution in [3.63, 3.8) is 0 Å². The van der Waals surface area contributed by atoms with Crippen LogP contribution in [0.1, 0.15) is 42.3 Å². The predicted molar refractivity (Wildman–Crippen MR) is 103 cm³/mol. The molecule has 0 N–H and O–H groups in total. The molecule has 0 fully saturated rings. The topological polar surface area (TPSA) is 90.0 Å². The van der Waals surface area contributed by atoms with Gasteiger partial charge in [-0.15, -0.1) is 6.58 Å². The normalized spacial score (nSPS) is 11.4. The molecule has 0 atom stereocenters. The lowest BCUT2D eigenvalue weighted by molar-refractivity contribution is 0.0404. The van der Waals surface area contributed by atoms with Gasteiger partial charge >= 0.3 is 12.1 Å². The van der Waals surface area contributed by atoms with Crippen LogP contribution in [-0.2, 0) is 19.5 Å². The average Bonchev–Trinajstić information content (AvgIpc) is 2.56. The lowest BCUT2D eigenvalue weighted by Crippen LogP contribution is -2.41. The van der Waals surface area contributed by atoms with E-state index < -0.39 is 27.7 Å². The van der Waals surface area contributed by atoms with Crippen LogP contribution in [0.5, 0.6) is 0 Å². The molecule has 0 saturated carbocycles. The molecule has 0 aromatic heterocycles. The Bertz CT molecular complexity index is 865. The number of amides is 1. The van der Waals surface area contributed by atoms with Crippen LogP contribution in [0, 0.1) is 6.92 Å². The van der Waals surface area contributed by atoms with Crippen molar-refractivity contribution < 1.29 is 27.5 Å². The zero-order valence-electron chi connectivity index (χ0n) is 16.2. The zero-order valence-corrected chi connectivity index (χ0v) is 17.1. The van der Waals surface area contributed by atoms with Gasteiger partial charge in [-0.25, -0.2) is 18.0 Å². The first-order valence-corrected chi connectivity index (χ1v) is 9.55. The summed E-state index contributed by atoms with van der Waals surface area (Å²) in [6.45, 7) is 13.2. The van der Waals surface area contributed by atoms with E-state index in [1.165, 1.54) is 38.3 Å². The summed E-state index contributed by atoms with van der Waals surface area (Å²) in [5.74, 6) is -0.688. The van der Waals surface area contributed by atoms with Crippen molar-refractivity contribution in [2.45, 2.75) is 38.2 Å². The largest absolute Gasteiger partial charge is 0.465 e. The Labute approximate surface area is 160 Å². The quantitative estimate of drug-likeness (QED) is 0.541. The third-order valence-corrected chi connectivity index (χ3v) is 5.44. The minimum atomic E-state index is -4.36. The molecule has 7 nitrogen and oxygen atoms in total. The van der Waals surface area contributed by atoms with Crippen molar-refractivity contribution in [1.29, 1.82) is 0 Å². The summed E-state index contributed by atoms with van der Waals surface area (Å²) in [7, 11) is -3.17. The van der Waals surface area contributed by atoms with E-state index in [9.17, 15) is 18.0 Å². The minimum absolute atomic E-state index is 0.0735. The second-order valence-electron chi connectivity index (χ2n) is 6.66. The number of methoxy groups -OCH3 is 1. The van der Waals surface area contributed by atoms with Crippen molar-refractivity contribution in [2.24, 2.45) is 0 Å². The van der Waals surface area contributed by atoms with Crippen molar-refractivity contribution in [2.75, 3.05) is 13.7 Å². The second-order valence-corrected chi connectivity index (χ2v) is 8.46. The zero-order chi connectivity index (χ0) is 21.0. The number of ether oxygens (including phenoxy) is 2. The van der Waals surface area contributed by atoms with Crippen molar-refractivity contribution in [3.05, 3.63) is 48.1 Å². The molecule has 0 unspecified atom stereocenters. The third kappa shape index (κ3) is 4.97. The van der Waals surface area contributed by atoms with E-state index in [0.29, 0.717) is 4.31 Å². The van der Waals surface area contributed by atoms with Gasteiger partial charge in [0.15, 0.2) is 0 Å². The number of benzene rings is 1. The van der Waals surface area contributed by atoms with E-state index in [1.807, 2.05) is 0 Å². The molecular weight excluding hydrogens is 370 g/mol. The highest BCUT2D eigenvalue weighted by Gasteiger charge is 2.35. The highest BCUT2D eigenvalue weighted by atomic mass is 32.2. The molecular formula is C19H25NO6S. The van der Waals surface area contributed by atoms with E-state index in [-0.39, 0.29) is 28.1 Å². The molecule has 1 rings (SSSR count). The SMILES string of the molecule is C=CCN(C(=O)OC(C)(C)C)S(=O)(=O)c1c(C=C)ccc(C(=O)OC)c1C. The van der Waals surface area contributed by atoms with Gasteiger partial charge in [-0.1, -0.05) is 24.8 Å². The lowest BCUT2D eigenvalue weighted by Gasteiger charge is -2.27. The molecule has 27 heavy (non-hydrogen) atoms. The van der Waals surface area contributed by atoms with Gasteiger partial charge in [0.2, 0.25) is 0 Å². The Morgan fingerprint density at radius 1 is 1.22 bits per heavy atom. The first kappa shape index (κ1) is 22.4. The molecule has 0 spiro atoms. The van der Waals surface area contributed by atoms with E-state index in [4.69, 9.17) is 9.47 Å². The van der Waals surface area contributed by atoms with Crippen molar-refractivity contribution >= 4 is 28.2 Å². The van der Waals surface area contributed by atoms with Gasteiger partial charge in [-0.3, -0.25) is 0 Å². The van der Waals surface area contributed by atoms with Gasteiger partial charge in [0.1, 0.15) is 5.60 Å². The fourth-order valence-corrected chi connectivity index (χ4v) is 4.06. The Balaban J connectivity index is 3.67. The van der Waals surface area contributed by atoms with E-state index >= 15 is 0 Å². The maximum atomic E-state index is 13.3. The van der Waals surface area contributed by atoms with Gasteiger partial charge in [0.25, 0.3) is 10.0 Å². The van der Waals surface area contributed by atoms with Crippen LogP contribution >= 0.6 is 0 Å². The van der Waals surface area contributed by atoms with E-state index in [0.717, 1.165) is 0 Å². The molecule has 0 saturated heterocycles. The number of nitrogens with zero attached hydrogens (tertiary/aromatic N) is 1. The van der Waals surface area contributed by atoms with Crippen LogP contribution in [0.15, 0.2) is 36.3 Å². The number of carbonyl (C=O) groups excluding carboxylic acids is 2. The first-order valence-electron chi connectivity index (χ1n) is 8.11. The Morgan fingerprint density at radius 3 is 2.26 bits per heavy atom. The first-order chi connectivity index (χ1) is 12.4. The van der Waals surface area contributed by atoms with Gasteiger partial charge in [-0.2, -0.15) is 4.31 Å². The number of hydrogen-bond acceptors (Lipinski definition) is 6. The number of esters is 1. The summed E-state index contributed by atoms with van der Waals surface area (Å²) < 4.78 is 37.1. The molecule has 0 bridgehead atoms. The molecule has 148 valence electrons. The molecule has 0 aliphatic carbocycles. The fraction of sp³-hybridized carbons (Fsp3) is 0.368. The molecule has 0 aliphatic rings. The van der Waals surface area contributed by atoms with Gasteiger partial charge in [0.05, 0.1) is 24.1 Å². The van der Waals surface area contributed by atoms with Crippen LogP contribution in [-0.4, -0.2) is 44.0 Å². The van der Waals surface area contributed by atoms with Crippen LogP contribution in [0.25, 0.3) is 6.08 Å². The molecule has 1 amide bonds. The molecule has 0 radical (unpaired) electrons. The molecule has 8 heteroatoms. The maximum absolute atomic E-state index is 13.3. The van der Waals surface area contributed by atoms with Crippen molar-refractivity contribution in [3.8, 4) is 0 Å². The fourth-order valence-electron chi connectivity index (χ4n) is 2.36. The van der Waals surface area contributed by atoms with Crippen LogP contribution in [0.2, 0.25) is 0 Å². The minimum Gasteiger partial charge on any atom is -0.465 e. The lowest BCUT2D eigenvalue weighted by atomic mass is 10.0. The molecule has 1 aromatic carbocycles. The van der Waals surface area contributed by atoms with Gasteiger partial charge < -0.3 is 9.47 Å². The monoisotopic (exact) mass is 395 g/mol. The summed E-state index contributed by atoms with van der Waals surface area (Å²) in [4.78, 5) is 24.3. The van der Waals surface area contributed by atoms with E-state index in [2.05, 4.69) is 13.2 Å². The third-order valence-electron chi connectivity index (χ3n) is 3.50. The predicted octanol–water partition coefficient (Wildman–Crippen LogP) is 3.54. The second kappa shape index (κ2) is 8.39. The van der Waals surface area contributed by atoms with Crippen LogP contribution in [0.3, 0.4) is 0 Å². The number of rotatable bonds is 6. The maximum Gasteiger partial charge on any atom is 0.424 e. The smallest absolute Gasteiger partial charge is 0.424 e. The Kier molecular flexibility index (Phi) is 6.97.